The van der Waals surface area contributed by atoms with E-state index in [1.807, 2.05) is 48.5 Å². The van der Waals surface area contributed by atoms with Gasteiger partial charge in [-0.3, -0.25) is 0 Å². The van der Waals surface area contributed by atoms with Crippen molar-refractivity contribution in [3.63, 3.8) is 0 Å². The minimum atomic E-state index is 0.0701. The van der Waals surface area contributed by atoms with Crippen molar-refractivity contribution < 1.29 is 9.47 Å². The third-order valence-corrected chi connectivity index (χ3v) is 3.30. The fourth-order valence-corrected chi connectivity index (χ4v) is 2.33. The molecule has 0 radical (unpaired) electrons. The van der Waals surface area contributed by atoms with E-state index >= 15 is 0 Å². The van der Waals surface area contributed by atoms with Gasteiger partial charge in [0.1, 0.15) is 0 Å². The number of nitriles is 1. The Bertz CT molecular complexity index is 616. The molecule has 0 saturated carbocycles. The molecule has 0 unspecified atom stereocenters. The molecule has 0 aliphatic carbocycles. The minimum Gasteiger partial charge on any atom is -0.454 e. The average molecular weight is 251 g/mol. The van der Waals surface area contributed by atoms with Crippen LogP contribution < -0.4 is 9.47 Å². The molecule has 1 heterocycles. The van der Waals surface area contributed by atoms with Crippen LogP contribution in [0.2, 0.25) is 0 Å². The lowest BCUT2D eigenvalue weighted by Crippen LogP contribution is -2.00. The molecule has 0 N–H and O–H groups in total. The largest absolute Gasteiger partial charge is 0.454 e. The first-order valence-corrected chi connectivity index (χ1v) is 6.20. The minimum absolute atomic E-state index is 0.0701. The van der Waals surface area contributed by atoms with Crippen LogP contribution in [0, 0.1) is 11.3 Å². The lowest BCUT2D eigenvalue weighted by molar-refractivity contribution is 0.174. The van der Waals surface area contributed by atoms with E-state index in [0.717, 1.165) is 22.6 Å². The molecule has 19 heavy (non-hydrogen) atoms. The van der Waals surface area contributed by atoms with E-state index in [2.05, 4.69) is 6.07 Å². The average Bonchev–Trinajstić information content (AvgIpc) is 2.93. The Morgan fingerprint density at radius 3 is 2.58 bits per heavy atom. The van der Waals surface area contributed by atoms with Crippen molar-refractivity contribution in [2.45, 2.75) is 12.3 Å². The van der Waals surface area contributed by atoms with Crippen molar-refractivity contribution in [3.8, 4) is 17.6 Å². The summed E-state index contributed by atoms with van der Waals surface area (Å²) in [4.78, 5) is 0. The monoisotopic (exact) mass is 251 g/mol. The van der Waals surface area contributed by atoms with Gasteiger partial charge < -0.3 is 9.47 Å². The zero-order valence-corrected chi connectivity index (χ0v) is 10.4. The topological polar surface area (TPSA) is 42.2 Å². The normalized spacial score (nSPS) is 13.8. The van der Waals surface area contributed by atoms with Gasteiger partial charge in [-0.25, -0.2) is 0 Å². The molecule has 0 fully saturated rings. The van der Waals surface area contributed by atoms with Crippen LogP contribution in [0.4, 0.5) is 0 Å². The van der Waals surface area contributed by atoms with Crippen LogP contribution in [0.25, 0.3) is 0 Å². The molecule has 0 spiro atoms. The second-order valence-electron chi connectivity index (χ2n) is 4.44. The molecular formula is C16H13NO2. The second kappa shape index (κ2) is 5.03. The zero-order chi connectivity index (χ0) is 13.1. The molecule has 1 aliphatic heterocycles. The zero-order valence-electron chi connectivity index (χ0n) is 10.4. The Morgan fingerprint density at radius 2 is 1.79 bits per heavy atom. The number of rotatable bonds is 3. The molecular weight excluding hydrogens is 238 g/mol. The summed E-state index contributed by atoms with van der Waals surface area (Å²) < 4.78 is 10.7. The van der Waals surface area contributed by atoms with Gasteiger partial charge in [-0.2, -0.15) is 5.26 Å². The van der Waals surface area contributed by atoms with Crippen molar-refractivity contribution in [3.05, 3.63) is 59.7 Å². The van der Waals surface area contributed by atoms with E-state index in [-0.39, 0.29) is 12.7 Å². The number of nitrogens with zero attached hydrogens (tertiary/aromatic N) is 1. The van der Waals surface area contributed by atoms with E-state index < -0.39 is 0 Å². The molecule has 0 bridgehead atoms. The number of ether oxygens (including phenoxy) is 2. The predicted octanol–water partition coefficient (Wildman–Crippen LogP) is 3.46. The maximum absolute atomic E-state index is 9.05. The summed E-state index contributed by atoms with van der Waals surface area (Å²) in [5.74, 6) is 1.60. The Balaban J connectivity index is 1.99. The van der Waals surface area contributed by atoms with Crippen LogP contribution in [0.3, 0.4) is 0 Å². The van der Waals surface area contributed by atoms with Gasteiger partial charge in [-0.15, -0.1) is 0 Å². The highest BCUT2D eigenvalue weighted by molar-refractivity contribution is 5.47. The van der Waals surface area contributed by atoms with Crippen LogP contribution >= 0.6 is 0 Å². The van der Waals surface area contributed by atoms with Crippen molar-refractivity contribution in [1.29, 1.82) is 5.26 Å². The summed E-state index contributed by atoms with van der Waals surface area (Å²) in [6.07, 6.45) is 0.448. The summed E-state index contributed by atoms with van der Waals surface area (Å²) in [5.41, 5.74) is 2.22. The molecule has 1 aliphatic rings. The molecule has 3 nitrogen and oxygen atoms in total. The molecule has 94 valence electrons. The number of benzene rings is 2. The molecule has 2 aromatic carbocycles. The van der Waals surface area contributed by atoms with Crippen LogP contribution in [-0.4, -0.2) is 6.79 Å². The van der Waals surface area contributed by atoms with Gasteiger partial charge in [0.05, 0.1) is 6.07 Å². The Morgan fingerprint density at radius 1 is 1.00 bits per heavy atom. The highest BCUT2D eigenvalue weighted by Crippen LogP contribution is 2.37. The van der Waals surface area contributed by atoms with Gasteiger partial charge >= 0.3 is 0 Å². The van der Waals surface area contributed by atoms with Crippen molar-refractivity contribution in [1.82, 2.24) is 0 Å². The van der Waals surface area contributed by atoms with Crippen LogP contribution in [0.1, 0.15) is 23.5 Å². The van der Waals surface area contributed by atoms with Crippen LogP contribution in [0.5, 0.6) is 11.5 Å². The summed E-state index contributed by atoms with van der Waals surface area (Å²) in [6, 6.07) is 18.2. The maximum atomic E-state index is 9.05. The Hall–Kier alpha value is -2.47. The first kappa shape index (κ1) is 11.6. The third kappa shape index (κ3) is 2.25. The van der Waals surface area contributed by atoms with Gasteiger partial charge in [0, 0.05) is 12.3 Å². The van der Waals surface area contributed by atoms with Crippen molar-refractivity contribution in [2.75, 3.05) is 6.79 Å². The summed E-state index contributed by atoms with van der Waals surface area (Å²) in [6.45, 7) is 0.271. The predicted molar refractivity (Wildman–Crippen MR) is 71.1 cm³/mol. The molecule has 3 heteroatoms. The fourth-order valence-electron chi connectivity index (χ4n) is 2.33. The van der Waals surface area contributed by atoms with Gasteiger partial charge in [0.15, 0.2) is 11.5 Å². The number of hydrogen-bond acceptors (Lipinski definition) is 3. The van der Waals surface area contributed by atoms with E-state index in [1.165, 1.54) is 0 Å². The molecule has 0 aromatic heterocycles. The van der Waals surface area contributed by atoms with E-state index in [1.54, 1.807) is 0 Å². The maximum Gasteiger partial charge on any atom is 0.231 e. The first-order chi connectivity index (χ1) is 9.38. The van der Waals surface area contributed by atoms with Crippen molar-refractivity contribution in [2.24, 2.45) is 0 Å². The fraction of sp³-hybridized carbons (Fsp3) is 0.188. The number of fused-ring (bicyclic) bond motifs is 1. The summed E-state index contributed by atoms with van der Waals surface area (Å²) in [5, 5.41) is 9.05. The first-order valence-electron chi connectivity index (χ1n) is 6.20. The van der Waals surface area contributed by atoms with E-state index in [0.29, 0.717) is 6.42 Å². The second-order valence-corrected chi connectivity index (χ2v) is 4.44. The molecule has 0 amide bonds. The number of hydrogen-bond donors (Lipinski definition) is 0. The summed E-state index contributed by atoms with van der Waals surface area (Å²) >= 11 is 0. The van der Waals surface area contributed by atoms with Gasteiger partial charge in [0.25, 0.3) is 0 Å². The SMILES string of the molecule is N#CC[C@H](c1ccccc1)c1ccc2c(c1)OCO2. The quantitative estimate of drug-likeness (QED) is 0.838. The Kier molecular flexibility index (Phi) is 3.07. The molecule has 1 atom stereocenters. The lowest BCUT2D eigenvalue weighted by atomic mass is 9.89. The molecule has 0 saturated heterocycles. The van der Waals surface area contributed by atoms with Crippen LogP contribution in [-0.2, 0) is 0 Å². The molecule has 3 rings (SSSR count). The van der Waals surface area contributed by atoms with Crippen LogP contribution in [0.15, 0.2) is 48.5 Å². The van der Waals surface area contributed by atoms with E-state index in [4.69, 9.17) is 14.7 Å². The molecule has 2 aromatic rings. The Labute approximate surface area is 112 Å². The highest BCUT2D eigenvalue weighted by atomic mass is 16.7. The van der Waals surface area contributed by atoms with Gasteiger partial charge in [0.2, 0.25) is 6.79 Å². The van der Waals surface area contributed by atoms with E-state index in [9.17, 15) is 0 Å². The smallest absolute Gasteiger partial charge is 0.231 e. The van der Waals surface area contributed by atoms with Crippen molar-refractivity contribution >= 4 is 0 Å². The lowest BCUT2D eigenvalue weighted by Gasteiger charge is -2.15. The third-order valence-electron chi connectivity index (χ3n) is 3.30. The van der Waals surface area contributed by atoms with Gasteiger partial charge in [-0.05, 0) is 23.3 Å². The standard InChI is InChI=1S/C16H13NO2/c17-9-8-14(12-4-2-1-3-5-12)13-6-7-15-16(10-13)19-11-18-15/h1-7,10,14H,8,11H2/t14-/m1/s1. The summed E-state index contributed by atoms with van der Waals surface area (Å²) in [7, 11) is 0. The highest BCUT2D eigenvalue weighted by Gasteiger charge is 2.19. The van der Waals surface area contributed by atoms with Gasteiger partial charge in [-0.1, -0.05) is 36.4 Å².